The Kier molecular flexibility index (Phi) is 4.39. The first-order valence-electron chi connectivity index (χ1n) is 5.93. The largest absolute Gasteiger partial charge is 0.370 e. The lowest BCUT2D eigenvalue weighted by atomic mass is 10.1. The maximum atomic E-state index is 5.66. The molecule has 0 aromatic heterocycles. The molecular formula is C15H17BrN2. The Labute approximate surface area is 117 Å². The second-order valence-electron chi connectivity index (χ2n) is 4.36. The molecule has 0 saturated carbocycles. The summed E-state index contributed by atoms with van der Waals surface area (Å²) in [5.41, 5.74) is 9.31. The highest BCUT2D eigenvalue weighted by Gasteiger charge is 2.03. The van der Waals surface area contributed by atoms with Crippen LogP contribution >= 0.6 is 15.9 Å². The third kappa shape index (κ3) is 3.34. The third-order valence-electron chi connectivity index (χ3n) is 2.90. The number of benzene rings is 2. The van der Waals surface area contributed by atoms with E-state index in [2.05, 4.69) is 64.3 Å². The summed E-state index contributed by atoms with van der Waals surface area (Å²) in [6.45, 7) is 1.47. The molecule has 0 heterocycles. The SMILES string of the molecule is CN(Cc1cccc(CN)c1)c1cccc(Br)c1. The highest BCUT2D eigenvalue weighted by atomic mass is 79.9. The van der Waals surface area contributed by atoms with Gasteiger partial charge in [0.05, 0.1) is 0 Å². The maximum absolute atomic E-state index is 5.66. The molecule has 0 fully saturated rings. The van der Waals surface area contributed by atoms with E-state index >= 15 is 0 Å². The lowest BCUT2D eigenvalue weighted by Gasteiger charge is -2.20. The van der Waals surface area contributed by atoms with Gasteiger partial charge in [0.2, 0.25) is 0 Å². The number of nitrogens with zero attached hydrogens (tertiary/aromatic N) is 1. The fourth-order valence-corrected chi connectivity index (χ4v) is 2.32. The van der Waals surface area contributed by atoms with Crippen LogP contribution in [0.5, 0.6) is 0 Å². The molecule has 0 aliphatic rings. The molecule has 2 aromatic rings. The van der Waals surface area contributed by atoms with Gasteiger partial charge in [-0.15, -0.1) is 0 Å². The fourth-order valence-electron chi connectivity index (χ4n) is 1.93. The predicted molar refractivity (Wildman–Crippen MR) is 80.6 cm³/mol. The zero-order valence-corrected chi connectivity index (χ0v) is 12.0. The number of hydrogen-bond acceptors (Lipinski definition) is 2. The summed E-state index contributed by atoms with van der Waals surface area (Å²) in [5.74, 6) is 0. The molecule has 0 amide bonds. The van der Waals surface area contributed by atoms with Gasteiger partial charge in [0.25, 0.3) is 0 Å². The fraction of sp³-hybridized carbons (Fsp3) is 0.200. The Morgan fingerprint density at radius 3 is 2.50 bits per heavy atom. The monoisotopic (exact) mass is 304 g/mol. The second kappa shape index (κ2) is 6.03. The van der Waals surface area contributed by atoms with Crippen molar-refractivity contribution >= 4 is 21.6 Å². The molecule has 0 aliphatic heterocycles. The van der Waals surface area contributed by atoms with Crippen molar-refractivity contribution in [3.05, 3.63) is 64.1 Å². The molecule has 0 spiro atoms. The quantitative estimate of drug-likeness (QED) is 0.936. The second-order valence-corrected chi connectivity index (χ2v) is 5.28. The summed E-state index contributed by atoms with van der Waals surface area (Å²) >= 11 is 3.50. The normalized spacial score (nSPS) is 10.4. The van der Waals surface area contributed by atoms with Gasteiger partial charge in [0.1, 0.15) is 0 Å². The Morgan fingerprint density at radius 2 is 1.78 bits per heavy atom. The van der Waals surface area contributed by atoms with Crippen LogP contribution in [0.4, 0.5) is 5.69 Å². The van der Waals surface area contributed by atoms with E-state index in [1.165, 1.54) is 16.8 Å². The standard InChI is InChI=1S/C15H17BrN2/c1-18(15-7-3-6-14(16)9-15)11-13-5-2-4-12(8-13)10-17/h2-9H,10-11,17H2,1H3. The van der Waals surface area contributed by atoms with Crippen molar-refractivity contribution in [3.8, 4) is 0 Å². The molecule has 18 heavy (non-hydrogen) atoms. The van der Waals surface area contributed by atoms with Gasteiger partial charge < -0.3 is 10.6 Å². The maximum Gasteiger partial charge on any atom is 0.0426 e. The van der Waals surface area contributed by atoms with Crippen molar-refractivity contribution in [2.24, 2.45) is 5.73 Å². The average Bonchev–Trinajstić information content (AvgIpc) is 2.39. The van der Waals surface area contributed by atoms with E-state index in [0.29, 0.717) is 6.54 Å². The van der Waals surface area contributed by atoms with E-state index < -0.39 is 0 Å². The van der Waals surface area contributed by atoms with Crippen LogP contribution in [-0.2, 0) is 13.1 Å². The van der Waals surface area contributed by atoms with Crippen molar-refractivity contribution < 1.29 is 0 Å². The molecule has 0 atom stereocenters. The van der Waals surface area contributed by atoms with E-state index in [-0.39, 0.29) is 0 Å². The van der Waals surface area contributed by atoms with Gasteiger partial charge in [-0.2, -0.15) is 0 Å². The molecule has 2 nitrogen and oxygen atoms in total. The summed E-state index contributed by atoms with van der Waals surface area (Å²) < 4.78 is 1.10. The van der Waals surface area contributed by atoms with Gasteiger partial charge in [-0.3, -0.25) is 0 Å². The number of anilines is 1. The first-order chi connectivity index (χ1) is 8.69. The van der Waals surface area contributed by atoms with E-state index in [9.17, 15) is 0 Å². The molecule has 2 rings (SSSR count). The highest BCUT2D eigenvalue weighted by Crippen LogP contribution is 2.20. The van der Waals surface area contributed by atoms with Crippen molar-refractivity contribution in [3.63, 3.8) is 0 Å². The minimum absolute atomic E-state index is 0.592. The van der Waals surface area contributed by atoms with Crippen LogP contribution in [0.25, 0.3) is 0 Å². The molecule has 2 aromatic carbocycles. The van der Waals surface area contributed by atoms with Gasteiger partial charge in [-0.1, -0.05) is 46.3 Å². The Balaban J connectivity index is 2.13. The van der Waals surface area contributed by atoms with Crippen LogP contribution in [0.2, 0.25) is 0 Å². The number of rotatable bonds is 4. The lowest BCUT2D eigenvalue weighted by molar-refractivity contribution is 0.916. The Morgan fingerprint density at radius 1 is 1.06 bits per heavy atom. The van der Waals surface area contributed by atoms with Gasteiger partial charge >= 0.3 is 0 Å². The molecule has 2 N–H and O–H groups in total. The summed E-state index contributed by atoms with van der Waals surface area (Å²) in [4.78, 5) is 2.22. The molecule has 94 valence electrons. The van der Waals surface area contributed by atoms with E-state index in [1.54, 1.807) is 0 Å². The molecule has 3 heteroatoms. The molecule has 0 saturated heterocycles. The van der Waals surface area contributed by atoms with Crippen molar-refractivity contribution in [2.75, 3.05) is 11.9 Å². The minimum Gasteiger partial charge on any atom is -0.370 e. The molecule has 0 radical (unpaired) electrons. The minimum atomic E-state index is 0.592. The zero-order valence-electron chi connectivity index (χ0n) is 10.4. The van der Waals surface area contributed by atoms with Crippen LogP contribution in [0.1, 0.15) is 11.1 Å². The molecule has 0 aliphatic carbocycles. The van der Waals surface area contributed by atoms with Crippen LogP contribution in [0, 0.1) is 0 Å². The number of nitrogens with two attached hydrogens (primary N) is 1. The van der Waals surface area contributed by atoms with Crippen LogP contribution in [-0.4, -0.2) is 7.05 Å². The lowest BCUT2D eigenvalue weighted by Crippen LogP contribution is -2.16. The van der Waals surface area contributed by atoms with Crippen molar-refractivity contribution in [2.45, 2.75) is 13.1 Å². The van der Waals surface area contributed by atoms with Gasteiger partial charge in [-0.05, 0) is 29.3 Å². The molecule has 0 bridgehead atoms. The Bertz CT molecular complexity index is 525. The average molecular weight is 305 g/mol. The van der Waals surface area contributed by atoms with E-state index in [0.717, 1.165) is 11.0 Å². The highest BCUT2D eigenvalue weighted by molar-refractivity contribution is 9.10. The Hall–Kier alpha value is -1.32. The van der Waals surface area contributed by atoms with Crippen LogP contribution in [0.3, 0.4) is 0 Å². The zero-order chi connectivity index (χ0) is 13.0. The van der Waals surface area contributed by atoms with Crippen molar-refractivity contribution in [1.29, 1.82) is 0 Å². The number of halogens is 1. The predicted octanol–water partition coefficient (Wildman–Crippen LogP) is 3.54. The van der Waals surface area contributed by atoms with E-state index in [1.807, 2.05) is 12.1 Å². The molecule has 0 unspecified atom stereocenters. The topological polar surface area (TPSA) is 29.3 Å². The first-order valence-corrected chi connectivity index (χ1v) is 6.73. The van der Waals surface area contributed by atoms with Gasteiger partial charge in [0.15, 0.2) is 0 Å². The van der Waals surface area contributed by atoms with Crippen molar-refractivity contribution in [1.82, 2.24) is 0 Å². The van der Waals surface area contributed by atoms with Gasteiger partial charge in [-0.25, -0.2) is 0 Å². The van der Waals surface area contributed by atoms with Crippen LogP contribution in [0.15, 0.2) is 53.0 Å². The summed E-state index contributed by atoms with van der Waals surface area (Å²) in [7, 11) is 2.09. The van der Waals surface area contributed by atoms with Crippen LogP contribution < -0.4 is 10.6 Å². The summed E-state index contributed by atoms with van der Waals surface area (Å²) in [6.07, 6.45) is 0. The summed E-state index contributed by atoms with van der Waals surface area (Å²) in [5, 5.41) is 0. The third-order valence-corrected chi connectivity index (χ3v) is 3.39. The first kappa shape index (κ1) is 13.1. The van der Waals surface area contributed by atoms with Gasteiger partial charge in [0, 0.05) is 30.3 Å². The van der Waals surface area contributed by atoms with E-state index in [4.69, 9.17) is 5.73 Å². The smallest absolute Gasteiger partial charge is 0.0426 e. The summed E-state index contributed by atoms with van der Waals surface area (Å²) in [6, 6.07) is 16.7. The number of hydrogen-bond donors (Lipinski definition) is 1. The molecular weight excluding hydrogens is 288 g/mol.